The first-order valence-corrected chi connectivity index (χ1v) is 6.37. The van der Waals surface area contributed by atoms with Crippen LogP contribution in [0.4, 0.5) is 4.39 Å². The van der Waals surface area contributed by atoms with Crippen LogP contribution >= 0.6 is 11.6 Å². The molecule has 0 radical (unpaired) electrons. The molecule has 0 aliphatic heterocycles. The number of phenols is 1. The molecular formula is C16H11ClFNO2. The second kappa shape index (κ2) is 6.29. The normalized spacial score (nSPS) is 11.0. The average molecular weight is 304 g/mol. The number of aromatic hydroxyl groups is 1. The number of allylic oxidation sites excluding steroid dienone is 1. The van der Waals surface area contributed by atoms with E-state index in [2.05, 4.69) is 0 Å². The van der Waals surface area contributed by atoms with Crippen molar-refractivity contribution in [1.82, 2.24) is 0 Å². The first-order valence-electron chi connectivity index (χ1n) is 6.00. The Kier molecular flexibility index (Phi) is 4.46. The van der Waals surface area contributed by atoms with Gasteiger partial charge >= 0.3 is 0 Å². The van der Waals surface area contributed by atoms with Gasteiger partial charge in [0.15, 0.2) is 11.5 Å². The maximum absolute atomic E-state index is 13.7. The molecule has 1 N–H and O–H groups in total. The van der Waals surface area contributed by atoms with Gasteiger partial charge in [-0.2, -0.15) is 5.26 Å². The molecule has 0 fully saturated rings. The molecular weight excluding hydrogens is 293 g/mol. The molecule has 0 aromatic heterocycles. The summed E-state index contributed by atoms with van der Waals surface area (Å²) in [5.41, 5.74) is 0.870. The van der Waals surface area contributed by atoms with Gasteiger partial charge < -0.3 is 9.84 Å². The highest BCUT2D eigenvalue weighted by Crippen LogP contribution is 2.36. The van der Waals surface area contributed by atoms with E-state index < -0.39 is 5.82 Å². The zero-order valence-corrected chi connectivity index (χ0v) is 11.9. The Bertz CT molecular complexity index is 750. The predicted molar refractivity (Wildman–Crippen MR) is 79.6 cm³/mol. The number of phenolic OH excluding ortho intramolecular Hbond substituents is 1. The molecule has 0 saturated carbocycles. The first kappa shape index (κ1) is 14.9. The molecule has 0 heterocycles. The molecule has 2 rings (SSSR count). The fraction of sp³-hybridized carbons (Fsp3) is 0.0625. The van der Waals surface area contributed by atoms with Crippen LogP contribution in [-0.4, -0.2) is 12.2 Å². The van der Waals surface area contributed by atoms with Gasteiger partial charge in [-0.05, 0) is 29.8 Å². The molecule has 0 atom stereocenters. The lowest BCUT2D eigenvalue weighted by Crippen LogP contribution is -1.89. The second-order valence-corrected chi connectivity index (χ2v) is 4.61. The summed E-state index contributed by atoms with van der Waals surface area (Å²) >= 11 is 5.89. The van der Waals surface area contributed by atoms with Gasteiger partial charge in [-0.15, -0.1) is 0 Å². The fourth-order valence-electron chi connectivity index (χ4n) is 1.85. The summed E-state index contributed by atoms with van der Waals surface area (Å²) in [6.45, 7) is 0. The highest BCUT2D eigenvalue weighted by Gasteiger charge is 2.10. The van der Waals surface area contributed by atoms with Crippen LogP contribution in [-0.2, 0) is 0 Å². The molecule has 0 aliphatic carbocycles. The monoisotopic (exact) mass is 303 g/mol. The van der Waals surface area contributed by atoms with Crippen molar-refractivity contribution in [3.05, 3.63) is 58.4 Å². The van der Waals surface area contributed by atoms with Crippen LogP contribution < -0.4 is 4.74 Å². The third-order valence-electron chi connectivity index (χ3n) is 2.87. The minimum Gasteiger partial charge on any atom is -0.503 e. The van der Waals surface area contributed by atoms with Crippen molar-refractivity contribution in [1.29, 1.82) is 5.26 Å². The lowest BCUT2D eigenvalue weighted by atomic mass is 10.0. The first-order chi connectivity index (χ1) is 10.1. The Hall–Kier alpha value is -2.51. The molecule has 21 heavy (non-hydrogen) atoms. The zero-order valence-electron chi connectivity index (χ0n) is 11.1. The van der Waals surface area contributed by atoms with E-state index in [0.29, 0.717) is 5.56 Å². The number of nitriles is 1. The summed E-state index contributed by atoms with van der Waals surface area (Å²) in [5.74, 6) is -0.484. The van der Waals surface area contributed by atoms with Gasteiger partial charge in [-0.1, -0.05) is 29.8 Å². The fourth-order valence-corrected chi connectivity index (χ4v) is 2.07. The number of rotatable bonds is 3. The van der Waals surface area contributed by atoms with Crippen LogP contribution in [0.3, 0.4) is 0 Å². The number of hydrogen-bond acceptors (Lipinski definition) is 3. The Morgan fingerprint density at radius 3 is 2.71 bits per heavy atom. The van der Waals surface area contributed by atoms with Crippen LogP contribution in [0.15, 0.2) is 36.4 Å². The number of hydrogen-bond donors (Lipinski definition) is 1. The lowest BCUT2D eigenvalue weighted by Gasteiger charge is -2.07. The van der Waals surface area contributed by atoms with E-state index in [1.165, 1.54) is 37.5 Å². The van der Waals surface area contributed by atoms with Crippen molar-refractivity contribution in [3.63, 3.8) is 0 Å². The topological polar surface area (TPSA) is 53.2 Å². The van der Waals surface area contributed by atoms with Crippen LogP contribution in [0.2, 0.25) is 5.02 Å². The maximum atomic E-state index is 13.7. The summed E-state index contributed by atoms with van der Waals surface area (Å²) in [4.78, 5) is 0. The second-order valence-electron chi connectivity index (χ2n) is 4.20. The lowest BCUT2D eigenvalue weighted by molar-refractivity contribution is 0.373. The highest BCUT2D eigenvalue weighted by molar-refractivity contribution is 6.32. The number of halogens is 2. The molecule has 0 unspecified atom stereocenters. The van der Waals surface area contributed by atoms with Crippen molar-refractivity contribution in [2.24, 2.45) is 0 Å². The number of benzene rings is 2. The predicted octanol–water partition coefficient (Wildman–Crippen LogP) is 4.26. The SMILES string of the molecule is COc1cc(/C=C(/C#N)c2ccccc2F)cc(Cl)c1O. The Balaban J connectivity index is 2.54. The van der Waals surface area contributed by atoms with Crippen molar-refractivity contribution >= 4 is 23.3 Å². The van der Waals surface area contributed by atoms with Gasteiger partial charge in [0.25, 0.3) is 0 Å². The third kappa shape index (κ3) is 3.15. The number of methoxy groups -OCH3 is 1. The van der Waals surface area contributed by atoms with Gasteiger partial charge in [-0.25, -0.2) is 4.39 Å². The minimum absolute atomic E-state index is 0.0893. The van der Waals surface area contributed by atoms with E-state index in [4.69, 9.17) is 16.3 Å². The van der Waals surface area contributed by atoms with E-state index in [1.807, 2.05) is 6.07 Å². The minimum atomic E-state index is -0.484. The van der Waals surface area contributed by atoms with Crippen molar-refractivity contribution in [2.75, 3.05) is 7.11 Å². The van der Waals surface area contributed by atoms with Gasteiger partial charge in [0.2, 0.25) is 0 Å². The van der Waals surface area contributed by atoms with Crippen LogP contribution in [0, 0.1) is 17.1 Å². The Labute approximate surface area is 126 Å². The highest BCUT2D eigenvalue weighted by atomic mass is 35.5. The standard InChI is InChI=1S/C16H11ClFNO2/c1-21-15-8-10(7-13(17)16(15)20)6-11(9-19)12-4-2-3-5-14(12)18/h2-8,20H,1H3/b11-6-. The molecule has 5 heteroatoms. The van der Waals surface area contributed by atoms with E-state index in [-0.39, 0.29) is 27.7 Å². The van der Waals surface area contributed by atoms with E-state index >= 15 is 0 Å². The zero-order chi connectivity index (χ0) is 15.4. The number of ether oxygens (including phenoxy) is 1. The quantitative estimate of drug-likeness (QED) is 0.681. The van der Waals surface area contributed by atoms with E-state index in [1.54, 1.807) is 12.1 Å². The van der Waals surface area contributed by atoms with Crippen LogP contribution in [0.1, 0.15) is 11.1 Å². The average Bonchev–Trinajstić information content (AvgIpc) is 2.49. The smallest absolute Gasteiger partial charge is 0.176 e. The van der Waals surface area contributed by atoms with E-state index in [0.717, 1.165) is 0 Å². The van der Waals surface area contributed by atoms with Crippen LogP contribution in [0.5, 0.6) is 11.5 Å². The summed E-state index contributed by atoms with van der Waals surface area (Å²) in [7, 11) is 1.39. The third-order valence-corrected chi connectivity index (χ3v) is 3.15. The summed E-state index contributed by atoms with van der Waals surface area (Å²) in [6.07, 6.45) is 1.48. The summed E-state index contributed by atoms with van der Waals surface area (Å²) < 4.78 is 18.7. The van der Waals surface area contributed by atoms with Crippen molar-refractivity contribution in [2.45, 2.75) is 0 Å². The summed E-state index contributed by atoms with van der Waals surface area (Å²) in [5, 5.41) is 19.0. The van der Waals surface area contributed by atoms with Crippen molar-refractivity contribution in [3.8, 4) is 17.6 Å². The maximum Gasteiger partial charge on any atom is 0.176 e. The van der Waals surface area contributed by atoms with Gasteiger partial charge in [-0.3, -0.25) is 0 Å². The van der Waals surface area contributed by atoms with Gasteiger partial charge in [0.05, 0.1) is 23.8 Å². The molecule has 0 saturated heterocycles. The molecule has 0 aliphatic rings. The van der Waals surface area contributed by atoms with Gasteiger partial charge in [0.1, 0.15) is 5.82 Å². The molecule has 3 nitrogen and oxygen atoms in total. The molecule has 0 spiro atoms. The van der Waals surface area contributed by atoms with E-state index in [9.17, 15) is 14.8 Å². The molecule has 0 bridgehead atoms. The molecule has 106 valence electrons. The number of nitrogens with zero attached hydrogens (tertiary/aromatic N) is 1. The molecule has 2 aromatic rings. The Morgan fingerprint density at radius 2 is 2.10 bits per heavy atom. The molecule has 2 aromatic carbocycles. The summed E-state index contributed by atoms with van der Waals surface area (Å²) in [6, 6.07) is 10.9. The largest absolute Gasteiger partial charge is 0.503 e. The van der Waals surface area contributed by atoms with Gasteiger partial charge in [0, 0.05) is 5.56 Å². The van der Waals surface area contributed by atoms with Crippen LogP contribution in [0.25, 0.3) is 11.6 Å². The Morgan fingerprint density at radius 1 is 1.38 bits per heavy atom. The molecule has 0 amide bonds. The van der Waals surface area contributed by atoms with Crippen molar-refractivity contribution < 1.29 is 14.2 Å².